The molecule has 0 bridgehead atoms. The molecule has 0 saturated carbocycles. The molecule has 1 atom stereocenters. The molecule has 1 fully saturated rings. The molecular formula is C14H19N3O4. The summed E-state index contributed by atoms with van der Waals surface area (Å²) in [7, 11) is 1.53. The fourth-order valence-electron chi connectivity index (χ4n) is 2.32. The fourth-order valence-corrected chi connectivity index (χ4v) is 2.32. The molecular weight excluding hydrogens is 274 g/mol. The molecule has 1 aromatic rings. The highest BCUT2D eigenvalue weighted by Crippen LogP contribution is 2.16. The molecule has 2 N–H and O–H groups in total. The standard InChI is InChI=1S/C14H19N3O4/c1-21-12-7-10(4-5-15-12)8-16-14(20)17-6-2-3-11(9-17)13(18)19/h4-5,7,11H,2-3,6,8-9H2,1H3,(H,16,20)(H,18,19)/t11-/m0/s1. The number of likely N-dealkylation sites (tertiary alicyclic amines) is 1. The number of nitrogens with one attached hydrogen (secondary N) is 1. The molecule has 2 heterocycles. The summed E-state index contributed by atoms with van der Waals surface area (Å²) in [4.78, 5) is 28.6. The molecule has 7 heteroatoms. The van der Waals surface area contributed by atoms with Gasteiger partial charge in [-0.2, -0.15) is 0 Å². The zero-order valence-electron chi connectivity index (χ0n) is 11.9. The number of carbonyl (C=O) groups excluding carboxylic acids is 1. The summed E-state index contributed by atoms with van der Waals surface area (Å²) in [5.41, 5.74) is 0.877. The molecule has 21 heavy (non-hydrogen) atoms. The fraction of sp³-hybridized carbons (Fsp3) is 0.500. The lowest BCUT2D eigenvalue weighted by atomic mass is 9.99. The monoisotopic (exact) mass is 293 g/mol. The number of methoxy groups -OCH3 is 1. The van der Waals surface area contributed by atoms with Crippen molar-refractivity contribution >= 4 is 12.0 Å². The highest BCUT2D eigenvalue weighted by atomic mass is 16.5. The summed E-state index contributed by atoms with van der Waals surface area (Å²) in [6.07, 6.45) is 2.95. The number of urea groups is 1. The van der Waals surface area contributed by atoms with E-state index in [9.17, 15) is 9.59 Å². The Bertz CT molecular complexity index is 521. The van der Waals surface area contributed by atoms with E-state index in [1.807, 2.05) is 0 Å². The number of carboxylic acid groups (broad SMARTS) is 1. The van der Waals surface area contributed by atoms with E-state index in [4.69, 9.17) is 9.84 Å². The van der Waals surface area contributed by atoms with Gasteiger partial charge >= 0.3 is 12.0 Å². The highest BCUT2D eigenvalue weighted by molar-refractivity contribution is 5.76. The summed E-state index contributed by atoms with van der Waals surface area (Å²) in [6.45, 7) is 1.21. The van der Waals surface area contributed by atoms with Gasteiger partial charge in [-0.05, 0) is 24.5 Å². The number of hydrogen-bond acceptors (Lipinski definition) is 4. The molecule has 1 aliphatic heterocycles. The van der Waals surface area contributed by atoms with Gasteiger partial charge in [0, 0.05) is 31.9 Å². The molecule has 1 aromatic heterocycles. The number of rotatable bonds is 4. The van der Waals surface area contributed by atoms with Crippen LogP contribution in [0.15, 0.2) is 18.3 Å². The van der Waals surface area contributed by atoms with Gasteiger partial charge < -0.3 is 20.1 Å². The molecule has 0 radical (unpaired) electrons. The van der Waals surface area contributed by atoms with Gasteiger partial charge in [-0.15, -0.1) is 0 Å². The SMILES string of the molecule is COc1cc(CNC(=O)N2CCC[C@H](C(=O)O)C2)ccn1. The van der Waals surface area contributed by atoms with Crippen LogP contribution < -0.4 is 10.1 Å². The minimum absolute atomic E-state index is 0.239. The van der Waals surface area contributed by atoms with Crippen LogP contribution in [0.4, 0.5) is 4.79 Å². The van der Waals surface area contributed by atoms with Crippen molar-refractivity contribution in [1.82, 2.24) is 15.2 Å². The number of nitrogens with zero attached hydrogens (tertiary/aromatic N) is 2. The molecule has 2 amide bonds. The van der Waals surface area contributed by atoms with Gasteiger partial charge in [0.15, 0.2) is 0 Å². The number of carboxylic acids is 1. The average molecular weight is 293 g/mol. The third kappa shape index (κ3) is 4.08. The van der Waals surface area contributed by atoms with Crippen LogP contribution in [-0.2, 0) is 11.3 Å². The quantitative estimate of drug-likeness (QED) is 0.867. The van der Waals surface area contributed by atoms with Crippen molar-refractivity contribution in [3.05, 3.63) is 23.9 Å². The van der Waals surface area contributed by atoms with Crippen LogP contribution in [0.1, 0.15) is 18.4 Å². The van der Waals surface area contributed by atoms with E-state index in [2.05, 4.69) is 10.3 Å². The molecule has 114 valence electrons. The van der Waals surface area contributed by atoms with Gasteiger partial charge in [0.1, 0.15) is 0 Å². The second-order valence-electron chi connectivity index (χ2n) is 4.99. The lowest BCUT2D eigenvalue weighted by molar-refractivity contribution is -0.143. The number of pyridine rings is 1. The lowest BCUT2D eigenvalue weighted by Gasteiger charge is -2.30. The van der Waals surface area contributed by atoms with Crippen molar-refractivity contribution in [3.63, 3.8) is 0 Å². The van der Waals surface area contributed by atoms with Crippen molar-refractivity contribution in [3.8, 4) is 5.88 Å². The summed E-state index contributed by atoms with van der Waals surface area (Å²) < 4.78 is 5.02. The van der Waals surface area contributed by atoms with E-state index in [0.29, 0.717) is 31.8 Å². The van der Waals surface area contributed by atoms with Gasteiger partial charge in [0.25, 0.3) is 0 Å². The predicted molar refractivity (Wildman–Crippen MR) is 75.0 cm³/mol. The Morgan fingerprint density at radius 2 is 2.38 bits per heavy atom. The highest BCUT2D eigenvalue weighted by Gasteiger charge is 2.27. The summed E-state index contributed by atoms with van der Waals surface area (Å²) >= 11 is 0. The van der Waals surface area contributed by atoms with Crippen molar-refractivity contribution < 1.29 is 19.4 Å². The Morgan fingerprint density at radius 3 is 3.10 bits per heavy atom. The zero-order chi connectivity index (χ0) is 15.2. The van der Waals surface area contributed by atoms with Crippen LogP contribution in [0.5, 0.6) is 5.88 Å². The Balaban J connectivity index is 1.87. The number of carbonyl (C=O) groups is 2. The van der Waals surface area contributed by atoms with E-state index >= 15 is 0 Å². The number of piperidine rings is 1. The first kappa shape index (κ1) is 15.1. The number of aromatic nitrogens is 1. The topological polar surface area (TPSA) is 91.8 Å². The normalized spacial score (nSPS) is 18.1. The number of ether oxygens (including phenoxy) is 1. The van der Waals surface area contributed by atoms with Crippen LogP contribution >= 0.6 is 0 Å². The zero-order valence-corrected chi connectivity index (χ0v) is 11.9. The van der Waals surface area contributed by atoms with Gasteiger partial charge in [-0.25, -0.2) is 9.78 Å². The van der Waals surface area contributed by atoms with E-state index < -0.39 is 11.9 Å². The molecule has 1 saturated heterocycles. The molecule has 2 rings (SSSR count). The first-order chi connectivity index (χ1) is 10.1. The minimum Gasteiger partial charge on any atom is -0.481 e. The van der Waals surface area contributed by atoms with Gasteiger partial charge in [-0.3, -0.25) is 4.79 Å². The third-order valence-electron chi connectivity index (χ3n) is 3.51. The summed E-state index contributed by atoms with van der Waals surface area (Å²) in [5.74, 6) is -0.817. The van der Waals surface area contributed by atoms with E-state index in [-0.39, 0.29) is 12.6 Å². The number of hydrogen-bond donors (Lipinski definition) is 2. The van der Waals surface area contributed by atoms with Gasteiger partial charge in [0.2, 0.25) is 5.88 Å². The Hall–Kier alpha value is -2.31. The molecule has 0 unspecified atom stereocenters. The third-order valence-corrected chi connectivity index (χ3v) is 3.51. The molecule has 0 aliphatic carbocycles. The largest absolute Gasteiger partial charge is 0.481 e. The van der Waals surface area contributed by atoms with E-state index in [1.165, 1.54) is 7.11 Å². The van der Waals surface area contributed by atoms with Crippen LogP contribution in [0.2, 0.25) is 0 Å². The van der Waals surface area contributed by atoms with Crippen molar-refractivity contribution in [1.29, 1.82) is 0 Å². The minimum atomic E-state index is -0.841. The number of aliphatic carboxylic acids is 1. The van der Waals surface area contributed by atoms with Crippen LogP contribution in [-0.4, -0.2) is 47.2 Å². The van der Waals surface area contributed by atoms with Crippen molar-refractivity contribution in [2.24, 2.45) is 5.92 Å². The first-order valence-corrected chi connectivity index (χ1v) is 6.84. The Labute approximate surface area is 122 Å². The molecule has 7 nitrogen and oxygen atoms in total. The van der Waals surface area contributed by atoms with Crippen LogP contribution in [0.3, 0.4) is 0 Å². The van der Waals surface area contributed by atoms with E-state index in [0.717, 1.165) is 5.56 Å². The second-order valence-corrected chi connectivity index (χ2v) is 4.99. The number of amides is 2. The van der Waals surface area contributed by atoms with Crippen molar-refractivity contribution in [2.45, 2.75) is 19.4 Å². The first-order valence-electron chi connectivity index (χ1n) is 6.84. The Morgan fingerprint density at radius 1 is 1.57 bits per heavy atom. The summed E-state index contributed by atoms with van der Waals surface area (Å²) in [5, 5.41) is 11.8. The molecule has 1 aliphatic rings. The Kier molecular flexibility index (Phi) is 4.97. The maximum absolute atomic E-state index is 12.1. The summed E-state index contributed by atoms with van der Waals surface area (Å²) in [6, 6.07) is 3.30. The van der Waals surface area contributed by atoms with Gasteiger partial charge in [0.05, 0.1) is 13.0 Å². The molecule has 0 spiro atoms. The van der Waals surface area contributed by atoms with Crippen LogP contribution in [0.25, 0.3) is 0 Å². The van der Waals surface area contributed by atoms with Gasteiger partial charge in [-0.1, -0.05) is 0 Å². The smallest absolute Gasteiger partial charge is 0.317 e. The predicted octanol–water partition coefficient (Wildman–Crippen LogP) is 1.10. The van der Waals surface area contributed by atoms with Crippen LogP contribution in [0, 0.1) is 5.92 Å². The average Bonchev–Trinajstić information content (AvgIpc) is 2.53. The van der Waals surface area contributed by atoms with Crippen molar-refractivity contribution in [2.75, 3.05) is 20.2 Å². The van der Waals surface area contributed by atoms with E-state index in [1.54, 1.807) is 23.2 Å². The maximum atomic E-state index is 12.1. The second kappa shape index (κ2) is 6.92. The maximum Gasteiger partial charge on any atom is 0.317 e. The lowest BCUT2D eigenvalue weighted by Crippen LogP contribution is -2.46. The molecule has 0 aromatic carbocycles.